The predicted octanol–water partition coefficient (Wildman–Crippen LogP) is 6.16. The van der Waals surface area contributed by atoms with Crippen LogP contribution in [0.25, 0.3) is 33.3 Å². The van der Waals surface area contributed by atoms with Crippen molar-refractivity contribution in [1.29, 1.82) is 0 Å². The summed E-state index contributed by atoms with van der Waals surface area (Å²) >= 11 is 0. The summed E-state index contributed by atoms with van der Waals surface area (Å²) in [6, 6.07) is 21.7. The third-order valence-electron chi connectivity index (χ3n) is 8.40. The summed E-state index contributed by atoms with van der Waals surface area (Å²) in [7, 11) is 0. The minimum absolute atomic E-state index is 0.0220. The Morgan fingerprint density at radius 2 is 1.60 bits per heavy atom. The van der Waals surface area contributed by atoms with Crippen LogP contribution >= 0.6 is 0 Å². The summed E-state index contributed by atoms with van der Waals surface area (Å²) < 4.78 is 7.54. The van der Waals surface area contributed by atoms with E-state index in [0.29, 0.717) is 32.2 Å². The number of carboxylic acids is 1. The first-order valence-corrected chi connectivity index (χ1v) is 14.2. The summed E-state index contributed by atoms with van der Waals surface area (Å²) in [5, 5.41) is 10.9. The molecule has 1 aliphatic carbocycles. The lowest BCUT2D eigenvalue weighted by Crippen LogP contribution is -2.42. The summed E-state index contributed by atoms with van der Waals surface area (Å²) in [5.41, 5.74) is 13.2. The van der Waals surface area contributed by atoms with Crippen LogP contribution in [0.15, 0.2) is 66.7 Å². The van der Waals surface area contributed by atoms with Crippen LogP contribution in [0.2, 0.25) is 0 Å². The number of morpholine rings is 1. The third-order valence-corrected chi connectivity index (χ3v) is 8.40. The van der Waals surface area contributed by atoms with Gasteiger partial charge in [-0.25, -0.2) is 4.79 Å². The van der Waals surface area contributed by atoms with Crippen LogP contribution < -0.4 is 5.73 Å². The van der Waals surface area contributed by atoms with Gasteiger partial charge in [-0.2, -0.15) is 0 Å². The number of anilines is 1. The van der Waals surface area contributed by atoms with Crippen molar-refractivity contribution in [2.75, 3.05) is 32.0 Å². The maximum absolute atomic E-state index is 13.6. The number of nitrogen functional groups attached to an aromatic ring is 1. The molecule has 4 aromatic rings. The topological polar surface area (TPSA) is 97.8 Å². The Balaban J connectivity index is 1.52. The second-order valence-electron chi connectivity index (χ2n) is 10.9. The van der Waals surface area contributed by atoms with Crippen LogP contribution in [0.3, 0.4) is 0 Å². The molecule has 7 nitrogen and oxygen atoms in total. The molecule has 40 heavy (non-hydrogen) atoms. The number of hydrogen-bond acceptors (Lipinski definition) is 4. The number of hydrogen-bond donors (Lipinski definition) is 2. The van der Waals surface area contributed by atoms with Gasteiger partial charge in [-0.05, 0) is 65.3 Å². The van der Waals surface area contributed by atoms with E-state index in [0.717, 1.165) is 51.8 Å². The normalized spacial score (nSPS) is 16.4. The van der Waals surface area contributed by atoms with Crippen molar-refractivity contribution in [3.05, 3.63) is 77.9 Å². The van der Waals surface area contributed by atoms with Gasteiger partial charge >= 0.3 is 5.97 Å². The highest BCUT2D eigenvalue weighted by molar-refractivity contribution is 5.99. The average Bonchev–Trinajstić information content (AvgIpc) is 3.31. The lowest BCUT2D eigenvalue weighted by Gasteiger charge is -2.28. The average molecular weight is 538 g/mol. The Labute approximate surface area is 234 Å². The van der Waals surface area contributed by atoms with Gasteiger partial charge in [-0.3, -0.25) is 4.79 Å². The fraction of sp³-hybridized carbons (Fsp3) is 0.333. The van der Waals surface area contributed by atoms with Crippen molar-refractivity contribution in [3.8, 4) is 22.4 Å². The fourth-order valence-electron chi connectivity index (χ4n) is 6.38. The molecule has 0 bridgehead atoms. The molecular weight excluding hydrogens is 502 g/mol. The number of amides is 1. The molecule has 3 aromatic carbocycles. The first-order chi connectivity index (χ1) is 19.5. The smallest absolute Gasteiger partial charge is 0.335 e. The fourth-order valence-corrected chi connectivity index (χ4v) is 6.38. The quantitative estimate of drug-likeness (QED) is 0.287. The summed E-state index contributed by atoms with van der Waals surface area (Å²) in [4.78, 5) is 27.4. The Hall–Kier alpha value is -4.10. The number of carbonyl (C=O) groups excluding carboxylic acids is 1. The number of nitrogens with zero attached hydrogens (tertiary/aromatic N) is 2. The molecule has 3 N–H and O–H groups in total. The molecule has 0 radical (unpaired) electrons. The number of nitrogens with two attached hydrogens (primary N) is 1. The SMILES string of the molecule is Nc1cccc(-c2ccc(-c3c(C4CCCCC4)c4ccc(C(=O)O)cc4n3CC(=O)N3CCOCC3)cc2)c1. The number of aromatic carboxylic acids is 1. The number of aromatic nitrogens is 1. The standard InChI is InChI=1S/C33H35N3O4/c34-27-8-4-7-25(19-27)22-9-11-24(12-10-22)32-31(23-5-2-1-3-6-23)28-14-13-26(33(38)39)20-29(28)36(32)21-30(37)35-15-17-40-18-16-35/h4,7-14,19-20,23H,1-3,5-6,15-18,21,34H2,(H,38,39). The minimum Gasteiger partial charge on any atom is -0.478 e. The molecule has 2 heterocycles. The van der Waals surface area contributed by atoms with Gasteiger partial charge < -0.3 is 25.0 Å². The van der Waals surface area contributed by atoms with Crippen LogP contribution in [0.4, 0.5) is 5.69 Å². The molecule has 1 saturated heterocycles. The molecule has 1 aliphatic heterocycles. The van der Waals surface area contributed by atoms with E-state index in [1.807, 2.05) is 35.2 Å². The van der Waals surface area contributed by atoms with Gasteiger partial charge in [0, 0.05) is 24.2 Å². The lowest BCUT2D eigenvalue weighted by atomic mass is 9.81. The van der Waals surface area contributed by atoms with Gasteiger partial charge in [-0.1, -0.05) is 61.7 Å². The number of rotatable bonds is 6. The van der Waals surface area contributed by atoms with Crippen LogP contribution in [0.1, 0.15) is 53.9 Å². The predicted molar refractivity (Wildman–Crippen MR) is 157 cm³/mol. The minimum atomic E-state index is -0.971. The zero-order chi connectivity index (χ0) is 27.6. The van der Waals surface area contributed by atoms with E-state index < -0.39 is 5.97 Å². The zero-order valence-corrected chi connectivity index (χ0v) is 22.6. The second kappa shape index (κ2) is 11.2. The largest absolute Gasteiger partial charge is 0.478 e. The monoisotopic (exact) mass is 537 g/mol. The van der Waals surface area contributed by atoms with Crippen LogP contribution in [0.5, 0.6) is 0 Å². The van der Waals surface area contributed by atoms with Gasteiger partial charge in [0.25, 0.3) is 0 Å². The Morgan fingerprint density at radius 1 is 0.875 bits per heavy atom. The van der Waals surface area contributed by atoms with E-state index in [1.165, 1.54) is 24.8 Å². The second-order valence-corrected chi connectivity index (χ2v) is 10.9. The lowest BCUT2D eigenvalue weighted by molar-refractivity contribution is -0.135. The summed E-state index contributed by atoms with van der Waals surface area (Å²) in [5.74, 6) is -0.592. The Bertz CT molecular complexity index is 1540. The Morgan fingerprint density at radius 3 is 2.30 bits per heavy atom. The maximum Gasteiger partial charge on any atom is 0.335 e. The first-order valence-electron chi connectivity index (χ1n) is 14.2. The van der Waals surface area contributed by atoms with Gasteiger partial charge in [-0.15, -0.1) is 0 Å². The molecule has 0 spiro atoms. The number of ether oxygens (including phenoxy) is 1. The van der Waals surface area contributed by atoms with Crippen molar-refractivity contribution in [1.82, 2.24) is 9.47 Å². The number of fused-ring (bicyclic) bond motifs is 1. The van der Waals surface area contributed by atoms with Crippen LogP contribution in [-0.4, -0.2) is 52.8 Å². The van der Waals surface area contributed by atoms with E-state index in [9.17, 15) is 14.7 Å². The number of carboxylic acid groups (broad SMARTS) is 1. The van der Waals surface area contributed by atoms with Gasteiger partial charge in [0.05, 0.1) is 30.0 Å². The van der Waals surface area contributed by atoms with Crippen molar-refractivity contribution >= 4 is 28.5 Å². The maximum atomic E-state index is 13.6. The van der Waals surface area contributed by atoms with E-state index in [2.05, 4.69) is 28.8 Å². The number of benzene rings is 3. The van der Waals surface area contributed by atoms with Gasteiger partial charge in [0.15, 0.2) is 0 Å². The molecule has 206 valence electrons. The molecule has 1 aromatic heterocycles. The molecular formula is C33H35N3O4. The van der Waals surface area contributed by atoms with Crippen LogP contribution in [0, 0.1) is 0 Å². The van der Waals surface area contributed by atoms with Gasteiger partial charge in [0.2, 0.25) is 5.91 Å². The third kappa shape index (κ3) is 5.09. The van der Waals surface area contributed by atoms with Crippen LogP contribution in [-0.2, 0) is 16.1 Å². The highest BCUT2D eigenvalue weighted by Gasteiger charge is 2.29. The van der Waals surface area contributed by atoms with Crippen molar-refractivity contribution in [3.63, 3.8) is 0 Å². The molecule has 1 saturated carbocycles. The Kier molecular flexibility index (Phi) is 7.30. The molecule has 0 atom stereocenters. The molecule has 7 heteroatoms. The van der Waals surface area contributed by atoms with Crippen molar-refractivity contribution < 1.29 is 19.4 Å². The highest BCUT2D eigenvalue weighted by atomic mass is 16.5. The van der Waals surface area contributed by atoms with Gasteiger partial charge in [0.1, 0.15) is 6.54 Å². The number of carbonyl (C=O) groups is 2. The van der Waals surface area contributed by atoms with E-state index >= 15 is 0 Å². The van der Waals surface area contributed by atoms with E-state index in [1.54, 1.807) is 12.1 Å². The van der Waals surface area contributed by atoms with Crippen molar-refractivity contribution in [2.45, 2.75) is 44.6 Å². The highest BCUT2D eigenvalue weighted by Crippen LogP contribution is 2.44. The molecule has 1 amide bonds. The van der Waals surface area contributed by atoms with Crippen molar-refractivity contribution in [2.24, 2.45) is 0 Å². The van der Waals surface area contributed by atoms with E-state index in [4.69, 9.17) is 10.5 Å². The molecule has 2 fully saturated rings. The first kappa shape index (κ1) is 26.1. The summed E-state index contributed by atoms with van der Waals surface area (Å²) in [6.07, 6.45) is 5.76. The molecule has 6 rings (SSSR count). The van der Waals surface area contributed by atoms with E-state index in [-0.39, 0.29) is 18.0 Å². The zero-order valence-electron chi connectivity index (χ0n) is 22.6. The molecule has 2 aliphatic rings. The summed E-state index contributed by atoms with van der Waals surface area (Å²) in [6.45, 7) is 2.36. The molecule has 0 unspecified atom stereocenters.